The number of carbonyl (C=O) groups is 1. The average Bonchev–Trinajstić information content (AvgIpc) is 2.38. The van der Waals surface area contributed by atoms with E-state index in [1.54, 1.807) is 0 Å². The SMILES string of the molecule is CCSCCCOc1ccc([N+](=O)[O-])cc1C(C)=O. The summed E-state index contributed by atoms with van der Waals surface area (Å²) < 4.78 is 5.52. The number of nitro benzene ring substituents is 1. The Morgan fingerprint density at radius 3 is 2.79 bits per heavy atom. The van der Waals surface area contributed by atoms with E-state index in [2.05, 4.69) is 6.92 Å². The number of hydrogen-bond acceptors (Lipinski definition) is 5. The molecule has 0 unspecified atom stereocenters. The highest BCUT2D eigenvalue weighted by molar-refractivity contribution is 7.99. The third-order valence-corrected chi connectivity index (χ3v) is 3.43. The van der Waals surface area contributed by atoms with Gasteiger partial charge in [-0.2, -0.15) is 11.8 Å². The Kier molecular flexibility index (Phi) is 6.35. The van der Waals surface area contributed by atoms with Crippen LogP contribution < -0.4 is 4.74 Å². The summed E-state index contributed by atoms with van der Waals surface area (Å²) in [7, 11) is 0. The van der Waals surface area contributed by atoms with Gasteiger partial charge in [0.2, 0.25) is 0 Å². The Bertz CT molecular complexity index is 462. The monoisotopic (exact) mass is 283 g/mol. The lowest BCUT2D eigenvalue weighted by atomic mass is 10.1. The number of ketones is 1. The lowest BCUT2D eigenvalue weighted by Crippen LogP contribution is -2.04. The summed E-state index contributed by atoms with van der Waals surface area (Å²) >= 11 is 1.82. The molecule has 5 nitrogen and oxygen atoms in total. The van der Waals surface area contributed by atoms with Gasteiger partial charge in [0.05, 0.1) is 17.1 Å². The Morgan fingerprint density at radius 2 is 2.21 bits per heavy atom. The smallest absolute Gasteiger partial charge is 0.270 e. The molecule has 0 N–H and O–H groups in total. The van der Waals surface area contributed by atoms with Crippen LogP contribution in [0, 0.1) is 10.1 Å². The number of benzene rings is 1. The highest BCUT2D eigenvalue weighted by Gasteiger charge is 2.14. The molecule has 0 saturated carbocycles. The van der Waals surface area contributed by atoms with Crippen molar-refractivity contribution >= 4 is 23.2 Å². The highest BCUT2D eigenvalue weighted by Crippen LogP contribution is 2.24. The van der Waals surface area contributed by atoms with Gasteiger partial charge in [0, 0.05) is 12.1 Å². The molecule has 0 aliphatic heterocycles. The van der Waals surface area contributed by atoms with Crippen molar-refractivity contribution in [2.24, 2.45) is 0 Å². The molecule has 0 spiro atoms. The highest BCUT2D eigenvalue weighted by atomic mass is 32.2. The Hall–Kier alpha value is -1.56. The number of carbonyl (C=O) groups excluding carboxylic acids is 1. The maximum absolute atomic E-state index is 11.5. The Balaban J connectivity index is 2.71. The van der Waals surface area contributed by atoms with Crippen molar-refractivity contribution < 1.29 is 14.5 Å². The third kappa shape index (κ3) is 4.90. The average molecular weight is 283 g/mol. The van der Waals surface area contributed by atoms with Gasteiger partial charge in [0.1, 0.15) is 5.75 Å². The normalized spacial score (nSPS) is 10.2. The quantitative estimate of drug-likeness (QED) is 0.317. The number of thioether (sulfide) groups is 1. The van der Waals surface area contributed by atoms with Crippen molar-refractivity contribution in [3.63, 3.8) is 0 Å². The van der Waals surface area contributed by atoms with Crippen LogP contribution >= 0.6 is 11.8 Å². The Morgan fingerprint density at radius 1 is 1.47 bits per heavy atom. The second kappa shape index (κ2) is 7.78. The van der Waals surface area contributed by atoms with Crippen LogP contribution in [0.25, 0.3) is 0 Å². The number of non-ortho nitro benzene ring substituents is 1. The van der Waals surface area contributed by atoms with Crippen molar-refractivity contribution in [1.29, 1.82) is 0 Å². The van der Waals surface area contributed by atoms with Crippen LogP contribution in [-0.4, -0.2) is 28.8 Å². The van der Waals surface area contributed by atoms with Crippen LogP contribution in [-0.2, 0) is 0 Å². The summed E-state index contributed by atoms with van der Waals surface area (Å²) in [6.45, 7) is 3.97. The summed E-state index contributed by atoms with van der Waals surface area (Å²) in [5.41, 5.74) is 0.163. The van der Waals surface area contributed by atoms with E-state index < -0.39 is 4.92 Å². The standard InChI is InChI=1S/C13H17NO4S/c1-3-19-8-4-7-18-13-6-5-11(14(16)17)9-12(13)10(2)15/h5-6,9H,3-4,7-8H2,1-2H3. The lowest BCUT2D eigenvalue weighted by molar-refractivity contribution is -0.384. The lowest BCUT2D eigenvalue weighted by Gasteiger charge is -2.09. The molecule has 0 aliphatic rings. The maximum Gasteiger partial charge on any atom is 0.270 e. The molecule has 0 fully saturated rings. The first-order valence-electron chi connectivity index (χ1n) is 6.06. The predicted octanol–water partition coefficient (Wildman–Crippen LogP) is 3.32. The number of hydrogen-bond donors (Lipinski definition) is 0. The molecule has 0 amide bonds. The predicted molar refractivity (Wildman–Crippen MR) is 76.2 cm³/mol. The van der Waals surface area contributed by atoms with Gasteiger partial charge in [0.25, 0.3) is 5.69 Å². The van der Waals surface area contributed by atoms with Gasteiger partial charge in [-0.15, -0.1) is 0 Å². The molecule has 0 aromatic heterocycles. The first-order chi connectivity index (χ1) is 9.06. The zero-order chi connectivity index (χ0) is 14.3. The number of ether oxygens (including phenoxy) is 1. The molecule has 0 atom stereocenters. The minimum atomic E-state index is -0.520. The van der Waals surface area contributed by atoms with Crippen LogP contribution in [0.5, 0.6) is 5.75 Å². The summed E-state index contributed by atoms with van der Waals surface area (Å²) in [6, 6.07) is 4.10. The fourth-order valence-electron chi connectivity index (χ4n) is 1.52. The summed E-state index contributed by atoms with van der Waals surface area (Å²) in [5, 5.41) is 10.7. The second-order valence-electron chi connectivity index (χ2n) is 3.89. The molecule has 6 heteroatoms. The summed E-state index contributed by atoms with van der Waals surface area (Å²) in [5.74, 6) is 2.25. The van der Waals surface area contributed by atoms with Crippen LogP contribution in [0.2, 0.25) is 0 Å². The molecular formula is C13H17NO4S. The largest absolute Gasteiger partial charge is 0.493 e. The molecule has 0 aliphatic carbocycles. The number of Topliss-reactive ketones (excluding diaryl/α,β-unsaturated/α-hetero) is 1. The summed E-state index contributed by atoms with van der Waals surface area (Å²) in [4.78, 5) is 21.6. The summed E-state index contributed by atoms with van der Waals surface area (Å²) in [6.07, 6.45) is 0.882. The van der Waals surface area contributed by atoms with Gasteiger partial charge in [-0.1, -0.05) is 6.92 Å². The zero-order valence-electron chi connectivity index (χ0n) is 11.0. The van der Waals surface area contributed by atoms with E-state index in [0.29, 0.717) is 12.4 Å². The molecule has 0 heterocycles. The minimum Gasteiger partial charge on any atom is -0.493 e. The first-order valence-corrected chi connectivity index (χ1v) is 7.21. The molecular weight excluding hydrogens is 266 g/mol. The second-order valence-corrected chi connectivity index (χ2v) is 5.29. The van der Waals surface area contributed by atoms with Gasteiger partial charge in [-0.05, 0) is 30.9 Å². The van der Waals surface area contributed by atoms with Crippen molar-refractivity contribution in [3.05, 3.63) is 33.9 Å². The van der Waals surface area contributed by atoms with Gasteiger partial charge in [0.15, 0.2) is 5.78 Å². The van der Waals surface area contributed by atoms with Gasteiger partial charge in [-0.25, -0.2) is 0 Å². The van der Waals surface area contributed by atoms with E-state index >= 15 is 0 Å². The minimum absolute atomic E-state index is 0.0981. The van der Waals surface area contributed by atoms with Crippen LogP contribution in [0.1, 0.15) is 30.6 Å². The molecule has 1 rings (SSSR count). The van der Waals surface area contributed by atoms with Gasteiger partial charge < -0.3 is 4.74 Å². The third-order valence-electron chi connectivity index (χ3n) is 2.45. The van der Waals surface area contributed by atoms with Gasteiger partial charge in [-0.3, -0.25) is 14.9 Å². The van der Waals surface area contributed by atoms with E-state index in [9.17, 15) is 14.9 Å². The topological polar surface area (TPSA) is 69.4 Å². The number of nitrogens with zero attached hydrogens (tertiary/aromatic N) is 1. The molecule has 1 aromatic rings. The van der Waals surface area contributed by atoms with Crippen molar-refractivity contribution in [2.75, 3.05) is 18.1 Å². The van der Waals surface area contributed by atoms with E-state index in [-0.39, 0.29) is 17.0 Å². The molecule has 1 aromatic carbocycles. The van der Waals surface area contributed by atoms with Crippen LogP contribution in [0.3, 0.4) is 0 Å². The molecule has 0 bridgehead atoms. The van der Waals surface area contributed by atoms with Crippen LogP contribution in [0.4, 0.5) is 5.69 Å². The molecule has 0 saturated heterocycles. The van der Waals surface area contributed by atoms with E-state index in [4.69, 9.17) is 4.74 Å². The fraction of sp³-hybridized carbons (Fsp3) is 0.462. The van der Waals surface area contributed by atoms with Gasteiger partial charge >= 0.3 is 0 Å². The first kappa shape index (κ1) is 15.5. The number of nitro groups is 1. The molecule has 0 radical (unpaired) electrons. The van der Waals surface area contributed by atoms with Crippen molar-refractivity contribution in [2.45, 2.75) is 20.3 Å². The van der Waals surface area contributed by atoms with E-state index in [1.807, 2.05) is 11.8 Å². The van der Waals surface area contributed by atoms with Crippen molar-refractivity contribution in [1.82, 2.24) is 0 Å². The fourth-order valence-corrected chi connectivity index (χ4v) is 2.13. The molecule has 104 valence electrons. The van der Waals surface area contributed by atoms with Crippen LogP contribution in [0.15, 0.2) is 18.2 Å². The number of rotatable bonds is 8. The molecule has 19 heavy (non-hydrogen) atoms. The Labute approximate surface area is 116 Å². The van der Waals surface area contributed by atoms with E-state index in [1.165, 1.54) is 25.1 Å². The van der Waals surface area contributed by atoms with Crippen molar-refractivity contribution in [3.8, 4) is 5.75 Å². The van der Waals surface area contributed by atoms with E-state index in [0.717, 1.165) is 17.9 Å². The maximum atomic E-state index is 11.5. The zero-order valence-corrected chi connectivity index (χ0v) is 11.9.